The van der Waals surface area contributed by atoms with Crippen LogP contribution in [0.5, 0.6) is 11.5 Å². The van der Waals surface area contributed by atoms with Gasteiger partial charge in [-0.1, -0.05) is 0 Å². The molecule has 0 fully saturated rings. The molecule has 2 rings (SSSR count). The van der Waals surface area contributed by atoms with Crippen molar-refractivity contribution in [2.24, 2.45) is 0 Å². The van der Waals surface area contributed by atoms with Crippen molar-refractivity contribution in [2.75, 3.05) is 7.11 Å². The summed E-state index contributed by atoms with van der Waals surface area (Å²) in [6.07, 6.45) is 1.58. The van der Waals surface area contributed by atoms with Crippen molar-refractivity contribution in [2.45, 2.75) is 51.2 Å². The minimum Gasteiger partial charge on any atom is -0.508 e. The molecular weight excluding hydrogens is 300 g/mol. The molecule has 6 heteroatoms. The molecule has 1 aliphatic heterocycles. The highest BCUT2D eigenvalue weighted by atomic mass is 16.5. The van der Waals surface area contributed by atoms with Crippen molar-refractivity contribution in [1.82, 2.24) is 0 Å². The average molecular weight is 322 g/mol. The first kappa shape index (κ1) is 17.3. The molecule has 2 N–H and O–H groups in total. The number of aromatic hydroxyl groups is 2. The number of benzene rings is 1. The lowest BCUT2D eigenvalue weighted by atomic mass is 9.94. The van der Waals surface area contributed by atoms with E-state index in [0.717, 1.165) is 12.5 Å². The second kappa shape index (κ2) is 7.46. The summed E-state index contributed by atoms with van der Waals surface area (Å²) in [4.78, 5) is 24.5. The second-order valence-corrected chi connectivity index (χ2v) is 5.89. The van der Waals surface area contributed by atoms with Crippen LogP contribution >= 0.6 is 0 Å². The summed E-state index contributed by atoms with van der Waals surface area (Å²) in [5, 5.41) is 19.7. The average Bonchev–Trinajstić information content (AvgIpc) is 2.43. The fourth-order valence-corrected chi connectivity index (χ4v) is 2.86. The lowest BCUT2D eigenvalue weighted by molar-refractivity contribution is -0.147. The van der Waals surface area contributed by atoms with Crippen molar-refractivity contribution < 1.29 is 29.3 Å². The lowest BCUT2D eigenvalue weighted by Gasteiger charge is -2.20. The molecule has 0 bridgehead atoms. The van der Waals surface area contributed by atoms with Crippen LogP contribution in [0.25, 0.3) is 0 Å². The predicted octanol–water partition coefficient (Wildman–Crippen LogP) is 2.34. The highest BCUT2D eigenvalue weighted by Crippen LogP contribution is 2.30. The second-order valence-electron chi connectivity index (χ2n) is 5.89. The van der Waals surface area contributed by atoms with E-state index in [4.69, 9.17) is 9.47 Å². The van der Waals surface area contributed by atoms with Gasteiger partial charge in [0.25, 0.3) is 0 Å². The van der Waals surface area contributed by atoms with E-state index < -0.39 is 5.97 Å². The third kappa shape index (κ3) is 4.45. The molecule has 0 aliphatic carbocycles. The summed E-state index contributed by atoms with van der Waals surface area (Å²) in [5.74, 6) is -1.34. The van der Waals surface area contributed by atoms with Crippen molar-refractivity contribution in [3.8, 4) is 11.5 Å². The maximum atomic E-state index is 12.5. The Morgan fingerprint density at radius 2 is 1.96 bits per heavy atom. The van der Waals surface area contributed by atoms with Crippen molar-refractivity contribution in [3.05, 3.63) is 23.3 Å². The minimum atomic E-state index is -0.486. The molecule has 1 heterocycles. The fourth-order valence-electron chi connectivity index (χ4n) is 2.86. The minimum absolute atomic E-state index is 0.0510. The summed E-state index contributed by atoms with van der Waals surface area (Å²) in [6.45, 7) is 1.82. The third-order valence-electron chi connectivity index (χ3n) is 4.01. The van der Waals surface area contributed by atoms with Gasteiger partial charge in [-0.3, -0.25) is 9.59 Å². The van der Waals surface area contributed by atoms with Crippen molar-refractivity contribution in [1.29, 1.82) is 0 Å². The number of rotatable bonds is 1. The Balaban J connectivity index is 2.40. The van der Waals surface area contributed by atoms with Gasteiger partial charge >= 0.3 is 5.97 Å². The van der Waals surface area contributed by atoms with E-state index in [1.54, 1.807) is 7.11 Å². The molecule has 6 nitrogen and oxygen atoms in total. The number of phenolic OH excluding ortho intramolecular Hbond substituents is 2. The molecule has 126 valence electrons. The van der Waals surface area contributed by atoms with Crippen LogP contribution in [0, 0.1) is 0 Å². The smallest absolute Gasteiger partial charge is 0.310 e. The lowest BCUT2D eigenvalue weighted by Crippen LogP contribution is -2.22. The molecule has 0 aromatic heterocycles. The molecule has 1 aromatic carbocycles. The van der Waals surface area contributed by atoms with Gasteiger partial charge in [0.1, 0.15) is 11.5 Å². The molecule has 23 heavy (non-hydrogen) atoms. The standard InChI is InChI=1S/C17H22O6/c1-10-4-3-5-13(22-2)9-15(20)17-11(7-16(21)23-10)6-12(18)8-14(17)19/h6,8,10,13,18-19H,3-5,7,9H2,1-2H3/t10-,13-/m1/s1. The van der Waals surface area contributed by atoms with Crippen LogP contribution < -0.4 is 0 Å². The van der Waals surface area contributed by atoms with Gasteiger partial charge in [-0.25, -0.2) is 0 Å². The van der Waals surface area contributed by atoms with Crippen LogP contribution in [0.15, 0.2) is 12.1 Å². The molecule has 0 spiro atoms. The highest BCUT2D eigenvalue weighted by Gasteiger charge is 2.24. The number of fused-ring (bicyclic) bond motifs is 1. The van der Waals surface area contributed by atoms with E-state index in [2.05, 4.69) is 0 Å². The summed E-state index contributed by atoms with van der Waals surface area (Å²) < 4.78 is 10.7. The number of ketones is 1. The number of phenols is 2. The number of carbonyl (C=O) groups excluding carboxylic acids is 2. The van der Waals surface area contributed by atoms with E-state index >= 15 is 0 Å². The molecular formula is C17H22O6. The van der Waals surface area contributed by atoms with E-state index in [1.165, 1.54) is 6.07 Å². The van der Waals surface area contributed by atoms with Crippen LogP contribution in [0.3, 0.4) is 0 Å². The normalized spacial score (nSPS) is 23.4. The Labute approximate surface area is 135 Å². The van der Waals surface area contributed by atoms with Crippen LogP contribution in [0.1, 0.15) is 48.5 Å². The maximum Gasteiger partial charge on any atom is 0.310 e. The van der Waals surface area contributed by atoms with Gasteiger partial charge in [0.15, 0.2) is 5.78 Å². The summed E-state index contributed by atoms with van der Waals surface area (Å²) in [6, 6.07) is 2.41. The predicted molar refractivity (Wildman–Crippen MR) is 82.6 cm³/mol. The Hall–Kier alpha value is -2.08. The number of esters is 1. The molecule has 2 atom stereocenters. The van der Waals surface area contributed by atoms with Crippen LogP contribution in [0.2, 0.25) is 0 Å². The number of hydrogen-bond acceptors (Lipinski definition) is 6. The first-order valence-corrected chi connectivity index (χ1v) is 7.71. The number of carbonyl (C=O) groups is 2. The van der Waals surface area contributed by atoms with Crippen molar-refractivity contribution >= 4 is 11.8 Å². The number of cyclic esters (lactones) is 1. The van der Waals surface area contributed by atoms with E-state index in [-0.39, 0.29) is 53.5 Å². The summed E-state index contributed by atoms with van der Waals surface area (Å²) in [7, 11) is 1.55. The van der Waals surface area contributed by atoms with E-state index in [0.29, 0.717) is 12.8 Å². The van der Waals surface area contributed by atoms with E-state index in [9.17, 15) is 19.8 Å². The maximum absolute atomic E-state index is 12.5. The number of hydrogen-bond donors (Lipinski definition) is 2. The van der Waals surface area contributed by atoms with Gasteiger partial charge in [-0.15, -0.1) is 0 Å². The number of ether oxygens (including phenoxy) is 2. The van der Waals surface area contributed by atoms with Crippen LogP contribution in [-0.2, 0) is 20.7 Å². The molecule has 0 unspecified atom stereocenters. The van der Waals surface area contributed by atoms with Gasteiger partial charge < -0.3 is 19.7 Å². The highest BCUT2D eigenvalue weighted by molar-refractivity contribution is 6.01. The quantitative estimate of drug-likeness (QED) is 0.771. The zero-order valence-electron chi connectivity index (χ0n) is 13.4. The van der Waals surface area contributed by atoms with Crippen molar-refractivity contribution in [3.63, 3.8) is 0 Å². The molecule has 0 amide bonds. The molecule has 1 aliphatic rings. The Morgan fingerprint density at radius 1 is 1.22 bits per heavy atom. The van der Waals surface area contributed by atoms with Gasteiger partial charge in [0.2, 0.25) is 0 Å². The zero-order valence-corrected chi connectivity index (χ0v) is 13.4. The number of methoxy groups -OCH3 is 1. The summed E-state index contributed by atoms with van der Waals surface area (Å²) in [5.41, 5.74) is 0.315. The van der Waals surface area contributed by atoms with Crippen LogP contribution in [-0.4, -0.2) is 41.3 Å². The Morgan fingerprint density at radius 3 is 2.65 bits per heavy atom. The SMILES string of the molecule is CO[C@@H]1CCC[C@@H](C)OC(=O)Cc2cc(O)cc(O)c2C(=O)C1. The molecule has 0 saturated carbocycles. The first-order chi connectivity index (χ1) is 10.9. The van der Waals surface area contributed by atoms with Gasteiger partial charge in [0, 0.05) is 19.6 Å². The zero-order chi connectivity index (χ0) is 17.0. The molecule has 1 aromatic rings. The van der Waals surface area contributed by atoms with Gasteiger partial charge in [0.05, 0.1) is 24.2 Å². The molecule has 0 radical (unpaired) electrons. The summed E-state index contributed by atoms with van der Waals surface area (Å²) >= 11 is 0. The molecule has 0 saturated heterocycles. The van der Waals surface area contributed by atoms with Crippen LogP contribution in [0.4, 0.5) is 0 Å². The van der Waals surface area contributed by atoms with Gasteiger partial charge in [-0.2, -0.15) is 0 Å². The topological polar surface area (TPSA) is 93.1 Å². The Kier molecular flexibility index (Phi) is 5.60. The van der Waals surface area contributed by atoms with E-state index in [1.807, 2.05) is 6.92 Å². The monoisotopic (exact) mass is 322 g/mol. The third-order valence-corrected chi connectivity index (χ3v) is 4.01. The largest absolute Gasteiger partial charge is 0.508 e. The fraction of sp³-hybridized carbons (Fsp3) is 0.529. The first-order valence-electron chi connectivity index (χ1n) is 7.71. The number of Topliss-reactive ketones (excluding diaryl/α,β-unsaturated/α-hetero) is 1. The Bertz CT molecular complexity index is 595. The van der Waals surface area contributed by atoms with Gasteiger partial charge in [-0.05, 0) is 37.8 Å².